The molecule has 0 aromatic rings. The molecule has 17 heavy (non-hydrogen) atoms. The van der Waals surface area contributed by atoms with Crippen molar-refractivity contribution < 1.29 is 10.2 Å². The summed E-state index contributed by atoms with van der Waals surface area (Å²) in [7, 11) is 0. The van der Waals surface area contributed by atoms with Crippen LogP contribution in [0.15, 0.2) is 0 Å². The van der Waals surface area contributed by atoms with Crippen molar-refractivity contribution in [2.45, 2.75) is 59.0 Å². The van der Waals surface area contributed by atoms with Crippen molar-refractivity contribution >= 4 is 0 Å². The molecule has 0 heterocycles. The Bertz CT molecular complexity index is 266. The van der Waals surface area contributed by atoms with E-state index in [0.717, 1.165) is 24.7 Å². The second-order valence-corrected chi connectivity index (χ2v) is 6.96. The first-order valence-electron chi connectivity index (χ1n) is 7.27. The van der Waals surface area contributed by atoms with Crippen LogP contribution in [0, 0.1) is 29.1 Å². The van der Waals surface area contributed by atoms with Crippen molar-refractivity contribution in [3.05, 3.63) is 0 Å². The van der Waals surface area contributed by atoms with Gasteiger partial charge in [0.05, 0.1) is 6.10 Å². The summed E-state index contributed by atoms with van der Waals surface area (Å²) < 4.78 is 0. The highest BCUT2D eigenvalue weighted by atomic mass is 16.3. The van der Waals surface area contributed by atoms with Crippen molar-refractivity contribution in [3.8, 4) is 0 Å². The number of hydrogen-bond donors (Lipinski definition) is 2. The van der Waals surface area contributed by atoms with Gasteiger partial charge in [-0.1, -0.05) is 33.6 Å². The highest BCUT2D eigenvalue weighted by molar-refractivity contribution is 4.98. The third kappa shape index (κ3) is 2.39. The molecule has 2 heteroatoms. The minimum absolute atomic E-state index is 0.205. The highest BCUT2D eigenvalue weighted by Crippen LogP contribution is 2.54. The van der Waals surface area contributed by atoms with Gasteiger partial charge in [-0.2, -0.15) is 0 Å². The second-order valence-electron chi connectivity index (χ2n) is 6.96. The van der Waals surface area contributed by atoms with Gasteiger partial charge in [0.15, 0.2) is 0 Å². The third-order valence-electron chi connectivity index (χ3n) is 5.70. The zero-order valence-corrected chi connectivity index (χ0v) is 11.5. The molecule has 2 fully saturated rings. The van der Waals surface area contributed by atoms with Crippen LogP contribution in [0.5, 0.6) is 0 Å². The molecule has 2 saturated carbocycles. The number of hydrogen-bond acceptors (Lipinski definition) is 2. The summed E-state index contributed by atoms with van der Waals surface area (Å²) in [5, 5.41) is 19.7. The predicted octanol–water partition coefficient (Wildman–Crippen LogP) is 2.83. The van der Waals surface area contributed by atoms with Gasteiger partial charge in [-0.15, -0.1) is 0 Å². The van der Waals surface area contributed by atoms with Crippen LogP contribution >= 0.6 is 0 Å². The Kier molecular flexibility index (Phi) is 3.84. The van der Waals surface area contributed by atoms with E-state index in [4.69, 9.17) is 0 Å². The monoisotopic (exact) mass is 240 g/mol. The molecule has 100 valence electrons. The summed E-state index contributed by atoms with van der Waals surface area (Å²) in [6.07, 6.45) is 5.79. The number of aliphatic hydroxyl groups is 2. The molecule has 1 unspecified atom stereocenters. The molecule has 2 nitrogen and oxygen atoms in total. The third-order valence-corrected chi connectivity index (χ3v) is 5.70. The van der Waals surface area contributed by atoms with E-state index in [2.05, 4.69) is 20.8 Å². The molecule has 0 aromatic heterocycles. The fourth-order valence-corrected chi connectivity index (χ4v) is 4.50. The molecule has 0 saturated heterocycles. The molecular weight excluding hydrogens is 212 g/mol. The van der Waals surface area contributed by atoms with Gasteiger partial charge in [0.25, 0.3) is 0 Å². The van der Waals surface area contributed by atoms with Crippen LogP contribution < -0.4 is 0 Å². The summed E-state index contributed by atoms with van der Waals surface area (Å²) in [6.45, 7) is 7.03. The molecule has 0 bridgehead atoms. The Labute approximate surface area is 105 Å². The van der Waals surface area contributed by atoms with Crippen molar-refractivity contribution in [1.82, 2.24) is 0 Å². The Balaban J connectivity index is 2.14. The lowest BCUT2D eigenvalue weighted by Gasteiger charge is -2.53. The first-order chi connectivity index (χ1) is 7.98. The number of fused-ring (bicyclic) bond motifs is 1. The fourth-order valence-electron chi connectivity index (χ4n) is 4.50. The van der Waals surface area contributed by atoms with Gasteiger partial charge in [0, 0.05) is 6.61 Å². The highest BCUT2D eigenvalue weighted by Gasteiger charge is 2.48. The maximum Gasteiger partial charge on any atom is 0.0577 e. The lowest BCUT2D eigenvalue weighted by molar-refractivity contribution is -0.0896. The van der Waals surface area contributed by atoms with Crippen molar-refractivity contribution in [3.63, 3.8) is 0 Å². The molecule has 2 N–H and O–H groups in total. The van der Waals surface area contributed by atoms with Crippen LogP contribution in [-0.2, 0) is 0 Å². The molecule has 2 rings (SSSR count). The van der Waals surface area contributed by atoms with Crippen LogP contribution in [0.25, 0.3) is 0 Å². The smallest absolute Gasteiger partial charge is 0.0577 e. The minimum atomic E-state index is -0.205. The average Bonchev–Trinajstić information content (AvgIpc) is 2.27. The largest absolute Gasteiger partial charge is 0.396 e. The van der Waals surface area contributed by atoms with E-state index in [1.54, 1.807) is 0 Å². The zero-order chi connectivity index (χ0) is 12.6. The standard InChI is InChI=1S/C15H28O2/c1-10-5-4-6-15(3)8-14(17)12(7-13(10)15)11(2)9-16/h10-14,16-17H,4-9H2,1-3H3/t10-,11?,12+,13-,14+,15+/m1/s1. The van der Waals surface area contributed by atoms with E-state index >= 15 is 0 Å². The molecule has 0 spiro atoms. The van der Waals surface area contributed by atoms with E-state index in [1.165, 1.54) is 19.3 Å². The van der Waals surface area contributed by atoms with Gasteiger partial charge in [0.2, 0.25) is 0 Å². The summed E-state index contributed by atoms with van der Waals surface area (Å²) >= 11 is 0. The lowest BCUT2D eigenvalue weighted by Crippen LogP contribution is -2.48. The Morgan fingerprint density at radius 3 is 2.76 bits per heavy atom. The van der Waals surface area contributed by atoms with Gasteiger partial charge in [0.1, 0.15) is 0 Å². The maximum atomic E-state index is 10.3. The van der Waals surface area contributed by atoms with E-state index in [9.17, 15) is 10.2 Å². The van der Waals surface area contributed by atoms with E-state index in [-0.39, 0.29) is 18.6 Å². The van der Waals surface area contributed by atoms with E-state index < -0.39 is 0 Å². The second kappa shape index (κ2) is 4.89. The number of aliphatic hydroxyl groups excluding tert-OH is 2. The number of rotatable bonds is 2. The van der Waals surface area contributed by atoms with Crippen LogP contribution in [0.2, 0.25) is 0 Å². The van der Waals surface area contributed by atoms with Gasteiger partial charge in [-0.05, 0) is 48.3 Å². The predicted molar refractivity (Wildman–Crippen MR) is 69.6 cm³/mol. The minimum Gasteiger partial charge on any atom is -0.396 e. The first kappa shape index (κ1) is 13.4. The Morgan fingerprint density at radius 1 is 1.41 bits per heavy atom. The average molecular weight is 240 g/mol. The molecule has 6 atom stereocenters. The van der Waals surface area contributed by atoms with Crippen LogP contribution in [0.3, 0.4) is 0 Å². The molecule has 0 aromatic carbocycles. The zero-order valence-electron chi connectivity index (χ0n) is 11.5. The van der Waals surface area contributed by atoms with E-state index in [1.807, 2.05) is 0 Å². The summed E-state index contributed by atoms with van der Waals surface area (Å²) in [5.74, 6) is 2.08. The molecular formula is C15H28O2. The molecule has 2 aliphatic carbocycles. The molecule has 0 amide bonds. The quantitative estimate of drug-likeness (QED) is 0.779. The molecule has 0 aliphatic heterocycles. The van der Waals surface area contributed by atoms with Gasteiger partial charge in [-0.25, -0.2) is 0 Å². The van der Waals surface area contributed by atoms with Gasteiger partial charge >= 0.3 is 0 Å². The van der Waals surface area contributed by atoms with Gasteiger partial charge < -0.3 is 10.2 Å². The Hall–Kier alpha value is -0.0800. The first-order valence-corrected chi connectivity index (χ1v) is 7.27. The molecule has 0 radical (unpaired) electrons. The van der Waals surface area contributed by atoms with Crippen LogP contribution in [0.4, 0.5) is 0 Å². The topological polar surface area (TPSA) is 40.5 Å². The van der Waals surface area contributed by atoms with E-state index in [0.29, 0.717) is 11.3 Å². The summed E-state index contributed by atoms with van der Waals surface area (Å²) in [6, 6.07) is 0. The van der Waals surface area contributed by atoms with Crippen molar-refractivity contribution in [1.29, 1.82) is 0 Å². The normalized spacial score (nSPS) is 48.5. The summed E-state index contributed by atoms with van der Waals surface area (Å²) in [4.78, 5) is 0. The lowest BCUT2D eigenvalue weighted by atomic mass is 9.53. The van der Waals surface area contributed by atoms with Crippen molar-refractivity contribution in [2.24, 2.45) is 29.1 Å². The molecule has 2 aliphatic rings. The van der Waals surface area contributed by atoms with Gasteiger partial charge in [-0.3, -0.25) is 0 Å². The Morgan fingerprint density at radius 2 is 2.12 bits per heavy atom. The fraction of sp³-hybridized carbons (Fsp3) is 1.00. The van der Waals surface area contributed by atoms with Crippen molar-refractivity contribution in [2.75, 3.05) is 6.61 Å². The van der Waals surface area contributed by atoms with Crippen LogP contribution in [0.1, 0.15) is 52.9 Å². The van der Waals surface area contributed by atoms with Crippen LogP contribution in [-0.4, -0.2) is 22.9 Å². The maximum absolute atomic E-state index is 10.3. The SMILES string of the molecule is CC(CO)[C@@H]1C[C@@H]2[C@H](C)CCC[C@@]2(C)C[C@@H]1O. The summed E-state index contributed by atoms with van der Waals surface area (Å²) in [5.41, 5.74) is 0.350.